The van der Waals surface area contributed by atoms with Gasteiger partial charge in [0, 0.05) is 25.8 Å². The summed E-state index contributed by atoms with van der Waals surface area (Å²) in [7, 11) is -1.43. The molecular weight excluding hydrogens is 296 g/mol. The van der Waals surface area contributed by atoms with Gasteiger partial charge in [0.25, 0.3) is 5.91 Å². The molecule has 0 radical (unpaired) electrons. The van der Waals surface area contributed by atoms with Crippen LogP contribution in [-0.2, 0) is 14.6 Å². The van der Waals surface area contributed by atoms with Gasteiger partial charge in [-0.15, -0.1) is 0 Å². The molecule has 1 atom stereocenters. The lowest BCUT2D eigenvalue weighted by atomic mass is 10.2. The van der Waals surface area contributed by atoms with Gasteiger partial charge < -0.3 is 15.4 Å². The van der Waals surface area contributed by atoms with Crippen molar-refractivity contribution in [2.24, 2.45) is 0 Å². The largest absolute Gasteiger partial charge is 0.383 e. The van der Waals surface area contributed by atoms with Gasteiger partial charge in [0.1, 0.15) is 17.8 Å². The van der Waals surface area contributed by atoms with Crippen LogP contribution in [0.25, 0.3) is 0 Å². The summed E-state index contributed by atoms with van der Waals surface area (Å²) >= 11 is 0. The molecule has 1 aromatic rings. The number of nitrogens with zero attached hydrogens (tertiary/aromatic N) is 2. The molecule has 0 saturated carbocycles. The van der Waals surface area contributed by atoms with Gasteiger partial charge in [0.2, 0.25) is 0 Å². The Morgan fingerprint density at radius 3 is 2.95 bits per heavy atom. The fourth-order valence-corrected chi connectivity index (χ4v) is 3.70. The van der Waals surface area contributed by atoms with E-state index in [0.717, 1.165) is 0 Å². The second kappa shape index (κ2) is 6.81. The summed E-state index contributed by atoms with van der Waals surface area (Å²) in [5.41, 5.74) is 0.203. The molecule has 1 unspecified atom stereocenters. The van der Waals surface area contributed by atoms with Crippen LogP contribution in [0.2, 0.25) is 0 Å². The second-order valence-corrected chi connectivity index (χ2v) is 7.01. The molecule has 2 N–H and O–H groups in total. The molecule has 9 heteroatoms. The standard InChI is InChI=1S/C12H18N4O4S/c1-20-4-3-13-11-6-10(14-8-15-11)12(17)16-9-2-5-21(18,19)7-9/h6,8-9H,2-5,7H2,1H3,(H,16,17)(H,13,14,15). The van der Waals surface area contributed by atoms with Gasteiger partial charge in [0.05, 0.1) is 18.1 Å². The lowest BCUT2D eigenvalue weighted by Gasteiger charge is -2.11. The van der Waals surface area contributed by atoms with E-state index < -0.39 is 15.7 Å². The minimum absolute atomic E-state index is 0.0111. The van der Waals surface area contributed by atoms with E-state index >= 15 is 0 Å². The number of anilines is 1. The summed E-state index contributed by atoms with van der Waals surface area (Å²) in [6, 6.07) is 1.18. The summed E-state index contributed by atoms with van der Waals surface area (Å²) in [6.45, 7) is 1.08. The highest BCUT2D eigenvalue weighted by atomic mass is 32.2. The first-order chi connectivity index (χ1) is 10.00. The average Bonchev–Trinajstić information content (AvgIpc) is 2.78. The van der Waals surface area contributed by atoms with Gasteiger partial charge in [-0.1, -0.05) is 0 Å². The maximum Gasteiger partial charge on any atom is 0.270 e. The third-order valence-electron chi connectivity index (χ3n) is 3.08. The van der Waals surface area contributed by atoms with Crippen molar-refractivity contribution in [3.05, 3.63) is 18.1 Å². The second-order valence-electron chi connectivity index (χ2n) is 4.78. The van der Waals surface area contributed by atoms with E-state index in [-0.39, 0.29) is 23.2 Å². The molecule has 116 valence electrons. The topological polar surface area (TPSA) is 110 Å². The predicted octanol–water partition coefficient (Wildman–Crippen LogP) is -0.548. The maximum absolute atomic E-state index is 12.0. The zero-order valence-electron chi connectivity index (χ0n) is 11.7. The number of aromatic nitrogens is 2. The highest BCUT2D eigenvalue weighted by Gasteiger charge is 2.29. The fraction of sp³-hybridized carbons (Fsp3) is 0.583. The summed E-state index contributed by atoms with van der Waals surface area (Å²) in [5.74, 6) is 0.231. The van der Waals surface area contributed by atoms with Crippen molar-refractivity contribution in [1.29, 1.82) is 0 Å². The Morgan fingerprint density at radius 2 is 2.29 bits per heavy atom. The molecule has 1 amide bonds. The van der Waals surface area contributed by atoms with Gasteiger partial charge in [-0.25, -0.2) is 18.4 Å². The van der Waals surface area contributed by atoms with Gasteiger partial charge in [-0.2, -0.15) is 0 Å². The van der Waals surface area contributed by atoms with Crippen molar-refractivity contribution in [3.63, 3.8) is 0 Å². The first-order valence-electron chi connectivity index (χ1n) is 6.56. The molecule has 1 aromatic heterocycles. The van der Waals surface area contributed by atoms with Crippen LogP contribution in [0.15, 0.2) is 12.4 Å². The highest BCUT2D eigenvalue weighted by Crippen LogP contribution is 2.12. The summed E-state index contributed by atoms with van der Waals surface area (Å²) < 4.78 is 27.6. The predicted molar refractivity (Wildman–Crippen MR) is 76.9 cm³/mol. The lowest BCUT2D eigenvalue weighted by molar-refractivity contribution is 0.0936. The molecular formula is C12H18N4O4S. The van der Waals surface area contributed by atoms with E-state index in [0.29, 0.717) is 25.4 Å². The number of hydrogen-bond donors (Lipinski definition) is 2. The van der Waals surface area contributed by atoms with Crippen LogP contribution in [0, 0.1) is 0 Å². The monoisotopic (exact) mass is 314 g/mol. The molecule has 1 saturated heterocycles. The normalized spacial score (nSPS) is 20.1. The molecule has 21 heavy (non-hydrogen) atoms. The van der Waals surface area contributed by atoms with Crippen LogP contribution in [0.3, 0.4) is 0 Å². The molecule has 0 aliphatic carbocycles. The Hall–Kier alpha value is -1.74. The average molecular weight is 314 g/mol. The summed E-state index contributed by atoms with van der Waals surface area (Å²) in [4.78, 5) is 19.9. The zero-order chi connectivity index (χ0) is 15.3. The molecule has 1 fully saturated rings. The molecule has 0 aromatic carbocycles. The van der Waals surface area contributed by atoms with Crippen LogP contribution >= 0.6 is 0 Å². The lowest BCUT2D eigenvalue weighted by Crippen LogP contribution is -2.36. The number of methoxy groups -OCH3 is 1. The summed E-state index contributed by atoms with van der Waals surface area (Å²) in [6.07, 6.45) is 1.73. The number of amides is 1. The van der Waals surface area contributed by atoms with Crippen molar-refractivity contribution in [1.82, 2.24) is 15.3 Å². The highest BCUT2D eigenvalue weighted by molar-refractivity contribution is 7.91. The van der Waals surface area contributed by atoms with Crippen LogP contribution < -0.4 is 10.6 Å². The van der Waals surface area contributed by atoms with Crippen LogP contribution in [0.5, 0.6) is 0 Å². The molecule has 8 nitrogen and oxygen atoms in total. The number of carbonyl (C=O) groups is 1. The minimum Gasteiger partial charge on any atom is -0.383 e. The Labute approximate surface area is 123 Å². The quantitative estimate of drug-likeness (QED) is 0.678. The van der Waals surface area contributed by atoms with Gasteiger partial charge in [-0.3, -0.25) is 4.79 Å². The smallest absolute Gasteiger partial charge is 0.270 e. The SMILES string of the molecule is COCCNc1cc(C(=O)NC2CCS(=O)(=O)C2)ncn1. The number of hydrogen-bond acceptors (Lipinski definition) is 7. The van der Waals surface area contributed by atoms with Crippen molar-refractivity contribution in [2.45, 2.75) is 12.5 Å². The van der Waals surface area contributed by atoms with Crippen LogP contribution in [0.1, 0.15) is 16.9 Å². The van der Waals surface area contributed by atoms with Crippen molar-refractivity contribution in [2.75, 3.05) is 37.1 Å². The Balaban J connectivity index is 1.94. The molecule has 0 spiro atoms. The maximum atomic E-state index is 12.0. The van der Waals surface area contributed by atoms with Gasteiger partial charge in [0.15, 0.2) is 9.84 Å². The number of ether oxygens (including phenoxy) is 1. The Bertz CT molecular complexity index is 605. The Morgan fingerprint density at radius 1 is 1.48 bits per heavy atom. The zero-order valence-corrected chi connectivity index (χ0v) is 12.5. The first kappa shape index (κ1) is 15.6. The minimum atomic E-state index is -3.02. The molecule has 1 aliphatic rings. The number of rotatable bonds is 6. The number of carbonyl (C=O) groups excluding carboxylic acids is 1. The Kier molecular flexibility index (Phi) is 5.07. The molecule has 2 rings (SSSR count). The van der Waals surface area contributed by atoms with E-state index in [2.05, 4.69) is 20.6 Å². The molecule has 0 bridgehead atoms. The van der Waals surface area contributed by atoms with Crippen LogP contribution in [0.4, 0.5) is 5.82 Å². The third kappa shape index (κ3) is 4.64. The van der Waals surface area contributed by atoms with Crippen molar-refractivity contribution in [3.8, 4) is 0 Å². The number of sulfone groups is 1. The number of nitrogens with one attached hydrogen (secondary N) is 2. The van der Waals surface area contributed by atoms with Crippen LogP contribution in [-0.4, -0.2) is 62.1 Å². The van der Waals surface area contributed by atoms with E-state index in [4.69, 9.17) is 4.74 Å². The van der Waals surface area contributed by atoms with Gasteiger partial charge >= 0.3 is 0 Å². The summed E-state index contributed by atoms with van der Waals surface area (Å²) in [5, 5.41) is 5.68. The fourth-order valence-electron chi connectivity index (χ4n) is 2.03. The van der Waals surface area contributed by atoms with E-state index in [9.17, 15) is 13.2 Å². The van der Waals surface area contributed by atoms with Crippen molar-refractivity contribution < 1.29 is 17.9 Å². The van der Waals surface area contributed by atoms with Crippen molar-refractivity contribution >= 4 is 21.6 Å². The van der Waals surface area contributed by atoms with E-state index in [1.54, 1.807) is 7.11 Å². The van der Waals surface area contributed by atoms with E-state index in [1.807, 2.05) is 0 Å². The third-order valence-corrected chi connectivity index (χ3v) is 4.85. The van der Waals surface area contributed by atoms with E-state index in [1.165, 1.54) is 12.4 Å². The molecule has 2 heterocycles. The molecule has 1 aliphatic heterocycles. The first-order valence-corrected chi connectivity index (χ1v) is 8.38. The van der Waals surface area contributed by atoms with Gasteiger partial charge in [-0.05, 0) is 6.42 Å².